The van der Waals surface area contributed by atoms with Gasteiger partial charge in [0.2, 0.25) is 0 Å². The molecule has 3 heterocycles. The van der Waals surface area contributed by atoms with E-state index in [1.165, 1.54) is 0 Å². The van der Waals surface area contributed by atoms with Crippen LogP contribution in [0, 0.1) is 0 Å². The Kier molecular flexibility index (Phi) is 5.10. The molecule has 56 heavy (non-hydrogen) atoms. The minimum atomic E-state index is -0.711. The summed E-state index contributed by atoms with van der Waals surface area (Å²) in [7, 11) is 0. The molecule has 5 nitrogen and oxygen atoms in total. The van der Waals surface area contributed by atoms with Gasteiger partial charge < -0.3 is 8.98 Å². The Morgan fingerprint density at radius 1 is 0.429 bits per heavy atom. The van der Waals surface area contributed by atoms with Gasteiger partial charge in [-0.3, -0.25) is 0 Å². The first-order valence-corrected chi connectivity index (χ1v) is 17.8. The Hall–Kier alpha value is -7.63. The van der Waals surface area contributed by atoms with Crippen molar-refractivity contribution in [3.8, 4) is 62.1 Å². The van der Waals surface area contributed by atoms with E-state index in [2.05, 4.69) is 0 Å². The summed E-state index contributed by atoms with van der Waals surface area (Å²) in [5.74, 6) is 0.915. The number of hydrogen-bond acceptors (Lipinski definition) is 4. The second-order valence-corrected chi connectivity index (χ2v) is 13.1. The van der Waals surface area contributed by atoms with Gasteiger partial charge in [-0.25, -0.2) is 15.0 Å². The molecule has 0 aliphatic rings. The number of hydrogen-bond donors (Lipinski definition) is 0. The van der Waals surface area contributed by atoms with Gasteiger partial charge >= 0.3 is 0 Å². The normalized spacial score (nSPS) is 14.6. The van der Waals surface area contributed by atoms with Crippen molar-refractivity contribution in [1.29, 1.82) is 0 Å². The van der Waals surface area contributed by atoms with Crippen molar-refractivity contribution in [3.63, 3.8) is 0 Å². The SMILES string of the molecule is [2H]c1c([2H])c([2H])c(-n2c3c([2H])c([2H])c([2H])c([2H])c3c3c([2H])c(-c4cccc(-c5nc(-c6ccc(-c7ccccc7)cc6)nc(-c6cccc7c6oc6ccccc67)n5)c4)c([2H])c([2H])c32)c([2H])c1[2H]. The van der Waals surface area contributed by atoms with Crippen molar-refractivity contribution in [1.82, 2.24) is 19.5 Å². The van der Waals surface area contributed by atoms with Gasteiger partial charge in [0.15, 0.2) is 17.5 Å². The largest absolute Gasteiger partial charge is 0.455 e. The highest BCUT2D eigenvalue weighted by atomic mass is 16.3. The zero-order valence-electron chi connectivity index (χ0n) is 41.2. The Labute approximate surface area is 339 Å². The average molecular weight is 729 g/mol. The molecule has 262 valence electrons. The third kappa shape index (κ3) is 5.37. The molecule has 11 aromatic rings. The fraction of sp³-hybridized carbons (Fsp3) is 0. The molecular formula is C51H32N4O. The van der Waals surface area contributed by atoms with E-state index in [-0.39, 0.29) is 44.8 Å². The molecule has 0 amide bonds. The van der Waals surface area contributed by atoms with Crippen molar-refractivity contribution < 1.29 is 20.9 Å². The Bertz CT molecular complexity index is 3920. The van der Waals surface area contributed by atoms with E-state index in [9.17, 15) is 4.11 Å². The maximum atomic E-state index is 9.74. The average Bonchev–Trinajstić information content (AvgIpc) is 3.93. The van der Waals surface area contributed by atoms with Gasteiger partial charge in [0.05, 0.1) is 33.0 Å². The molecule has 0 aliphatic heterocycles. The molecule has 0 atom stereocenters. The van der Waals surface area contributed by atoms with Gasteiger partial charge in [0.25, 0.3) is 0 Å². The number of furan rings is 1. The topological polar surface area (TPSA) is 56.7 Å². The molecule has 0 spiro atoms. The van der Waals surface area contributed by atoms with Gasteiger partial charge in [-0.2, -0.15) is 0 Å². The van der Waals surface area contributed by atoms with E-state index in [1.807, 2.05) is 97.1 Å². The zero-order valence-corrected chi connectivity index (χ0v) is 29.2. The van der Waals surface area contributed by atoms with Crippen LogP contribution in [0.25, 0.3) is 106 Å². The first-order chi connectivity index (χ1) is 32.7. The number of benzene rings is 8. The lowest BCUT2D eigenvalue weighted by molar-refractivity contribution is 0.669. The molecule has 8 aromatic carbocycles. The van der Waals surface area contributed by atoms with Crippen LogP contribution in [-0.2, 0) is 0 Å². The molecular weight excluding hydrogens is 685 g/mol. The standard InChI is InChI=1S/C51H32N4O/c1-3-13-33(14-4-1)34-25-27-35(28-26-34)49-52-50(54-51(53-49)43-22-12-21-42-41-20-8-10-24-47(41)56-48(42)43)38-16-11-15-36(31-38)37-29-30-46-44(32-37)40-19-7-9-23-45(40)55(46)39-17-5-2-6-18-39/h1-32H/i2D,5D,6D,7D,9D,17D,18D,19D,23D,29D,30D,32D. The summed E-state index contributed by atoms with van der Waals surface area (Å²) in [6, 6.07) is 30.7. The summed E-state index contributed by atoms with van der Waals surface area (Å²) in [5, 5.41) is 1.43. The van der Waals surface area contributed by atoms with Crippen LogP contribution >= 0.6 is 0 Å². The third-order valence-electron chi connectivity index (χ3n) is 9.81. The van der Waals surface area contributed by atoms with Crippen LogP contribution < -0.4 is 0 Å². The third-order valence-corrected chi connectivity index (χ3v) is 9.81. The molecule has 0 saturated carbocycles. The maximum Gasteiger partial charge on any atom is 0.167 e. The van der Waals surface area contributed by atoms with Crippen molar-refractivity contribution in [2.24, 2.45) is 0 Å². The predicted octanol–water partition coefficient (Wildman–Crippen LogP) is 13.2. The smallest absolute Gasteiger partial charge is 0.167 e. The van der Waals surface area contributed by atoms with Crippen molar-refractivity contribution in [2.75, 3.05) is 0 Å². The summed E-state index contributed by atoms with van der Waals surface area (Å²) >= 11 is 0. The van der Waals surface area contributed by atoms with Crippen LogP contribution in [0.3, 0.4) is 0 Å². The number of para-hydroxylation sites is 4. The molecule has 0 aliphatic carbocycles. The minimum absolute atomic E-state index is 0.0603. The van der Waals surface area contributed by atoms with E-state index < -0.39 is 72.2 Å². The first-order valence-electron chi connectivity index (χ1n) is 23.8. The van der Waals surface area contributed by atoms with E-state index in [0.29, 0.717) is 39.5 Å². The molecule has 3 aromatic heterocycles. The quantitative estimate of drug-likeness (QED) is 0.171. The van der Waals surface area contributed by atoms with Gasteiger partial charge in [0.1, 0.15) is 11.2 Å². The van der Waals surface area contributed by atoms with Gasteiger partial charge in [-0.05, 0) is 70.7 Å². The van der Waals surface area contributed by atoms with Crippen molar-refractivity contribution >= 4 is 43.7 Å². The molecule has 0 N–H and O–H groups in total. The molecule has 0 unspecified atom stereocenters. The summed E-state index contributed by atoms with van der Waals surface area (Å²) in [6.07, 6.45) is 0. The van der Waals surface area contributed by atoms with Gasteiger partial charge in [-0.1, -0.05) is 145 Å². The Morgan fingerprint density at radius 3 is 1.95 bits per heavy atom. The van der Waals surface area contributed by atoms with Crippen molar-refractivity contribution in [3.05, 3.63) is 194 Å². The van der Waals surface area contributed by atoms with Gasteiger partial charge in [-0.15, -0.1) is 0 Å². The van der Waals surface area contributed by atoms with Crippen LogP contribution in [-0.4, -0.2) is 19.5 Å². The van der Waals surface area contributed by atoms with Gasteiger partial charge in [0, 0.05) is 38.4 Å². The number of aromatic nitrogens is 4. The summed E-state index contributed by atoms with van der Waals surface area (Å²) in [4.78, 5) is 15.0. The Balaban J connectivity index is 1.14. The number of fused-ring (bicyclic) bond motifs is 6. The summed E-state index contributed by atoms with van der Waals surface area (Å²) in [6.45, 7) is 0. The van der Waals surface area contributed by atoms with Crippen LogP contribution in [0.5, 0.6) is 0 Å². The van der Waals surface area contributed by atoms with E-state index >= 15 is 0 Å². The maximum absolute atomic E-state index is 9.74. The molecule has 0 fully saturated rings. The summed E-state index contributed by atoms with van der Waals surface area (Å²) < 4.78 is 114. The van der Waals surface area contributed by atoms with Crippen LogP contribution in [0.15, 0.2) is 198 Å². The monoisotopic (exact) mass is 728 g/mol. The lowest BCUT2D eigenvalue weighted by atomic mass is 10.0. The van der Waals surface area contributed by atoms with Crippen LogP contribution in [0.1, 0.15) is 16.4 Å². The highest BCUT2D eigenvalue weighted by Crippen LogP contribution is 2.38. The fourth-order valence-electron chi connectivity index (χ4n) is 7.17. The number of rotatable bonds is 6. The first kappa shape index (κ1) is 21.9. The van der Waals surface area contributed by atoms with E-state index in [4.69, 9.17) is 31.7 Å². The second-order valence-electron chi connectivity index (χ2n) is 13.1. The lowest BCUT2D eigenvalue weighted by Crippen LogP contribution is -2.00. The second kappa shape index (κ2) is 13.0. The Morgan fingerprint density at radius 2 is 1.07 bits per heavy atom. The zero-order chi connectivity index (χ0) is 47.4. The fourth-order valence-corrected chi connectivity index (χ4v) is 7.17. The molecule has 11 rings (SSSR count). The molecule has 0 radical (unpaired) electrons. The van der Waals surface area contributed by atoms with Crippen LogP contribution in [0.4, 0.5) is 0 Å². The molecule has 0 saturated heterocycles. The highest BCUT2D eigenvalue weighted by Gasteiger charge is 2.19. The summed E-state index contributed by atoms with van der Waals surface area (Å²) in [5.41, 5.74) is 4.24. The van der Waals surface area contributed by atoms with Crippen molar-refractivity contribution in [2.45, 2.75) is 0 Å². The van der Waals surface area contributed by atoms with E-state index in [1.54, 1.807) is 24.3 Å². The molecule has 0 bridgehead atoms. The highest BCUT2D eigenvalue weighted by molar-refractivity contribution is 6.11. The van der Waals surface area contributed by atoms with E-state index in [0.717, 1.165) is 26.5 Å². The molecule has 5 heteroatoms. The van der Waals surface area contributed by atoms with Crippen LogP contribution in [0.2, 0.25) is 0 Å². The predicted molar refractivity (Wildman–Crippen MR) is 229 cm³/mol. The lowest BCUT2D eigenvalue weighted by Gasteiger charge is -2.11. The minimum Gasteiger partial charge on any atom is -0.455 e. The number of nitrogens with zero attached hydrogens (tertiary/aromatic N) is 4.